The summed E-state index contributed by atoms with van der Waals surface area (Å²) in [6.45, 7) is 3.19. The van der Waals surface area contributed by atoms with Gasteiger partial charge in [-0.2, -0.15) is 0 Å². The largest absolute Gasteiger partial charge is 0.507 e. The molecular formula is C29H29NO2P2. The summed E-state index contributed by atoms with van der Waals surface area (Å²) < 4.78 is 8.55. The fraction of sp³-hybridized carbons (Fsp3) is 0.172. The summed E-state index contributed by atoms with van der Waals surface area (Å²) in [7, 11) is -0.0837. The van der Waals surface area contributed by atoms with Crippen LogP contribution in [0.4, 0.5) is 0 Å². The van der Waals surface area contributed by atoms with E-state index >= 15 is 0 Å². The lowest BCUT2D eigenvalue weighted by atomic mass is 10.2. The number of methoxy groups -OCH3 is 1. The SMILES string of the molecule is CCCCN(P(c1ccccc1O)c1ccccc1OC)p1c2ccccc2c2ccccc21. The Kier molecular flexibility index (Phi) is 6.88. The third-order valence-electron chi connectivity index (χ3n) is 6.15. The van der Waals surface area contributed by atoms with Gasteiger partial charge >= 0.3 is 0 Å². The first kappa shape index (κ1) is 22.9. The molecule has 1 unspecified atom stereocenters. The van der Waals surface area contributed by atoms with Crippen molar-refractivity contribution >= 4 is 47.4 Å². The Balaban J connectivity index is 1.84. The summed E-state index contributed by atoms with van der Waals surface area (Å²) in [4.78, 5) is 0. The quantitative estimate of drug-likeness (QED) is 0.231. The lowest BCUT2D eigenvalue weighted by Crippen LogP contribution is -2.28. The smallest absolute Gasteiger partial charge is 0.128 e. The zero-order valence-corrected chi connectivity index (χ0v) is 21.3. The van der Waals surface area contributed by atoms with Crippen LogP contribution in [-0.4, -0.2) is 18.8 Å². The van der Waals surface area contributed by atoms with Gasteiger partial charge in [0.25, 0.3) is 0 Å². The van der Waals surface area contributed by atoms with Crippen molar-refractivity contribution in [2.75, 3.05) is 18.1 Å². The van der Waals surface area contributed by atoms with Crippen molar-refractivity contribution in [3.8, 4) is 11.5 Å². The molecular weight excluding hydrogens is 456 g/mol. The topological polar surface area (TPSA) is 32.7 Å². The number of aromatic hydroxyl groups is 1. The van der Waals surface area contributed by atoms with Gasteiger partial charge in [-0.25, -0.2) is 4.44 Å². The van der Waals surface area contributed by atoms with E-state index in [1.54, 1.807) is 7.11 Å². The Morgan fingerprint density at radius 3 is 1.94 bits per heavy atom. The second kappa shape index (κ2) is 10.2. The van der Waals surface area contributed by atoms with Crippen molar-refractivity contribution in [1.82, 2.24) is 0 Å². The molecule has 3 nitrogen and oxygen atoms in total. The molecule has 0 saturated heterocycles. The molecule has 5 heteroatoms. The Morgan fingerprint density at radius 1 is 0.765 bits per heavy atom. The Labute approximate surface area is 203 Å². The number of para-hydroxylation sites is 2. The molecule has 0 aliphatic carbocycles. The molecule has 1 aromatic heterocycles. The van der Waals surface area contributed by atoms with Crippen molar-refractivity contribution in [3.05, 3.63) is 97.1 Å². The first-order valence-corrected chi connectivity index (χ1v) is 14.3. The van der Waals surface area contributed by atoms with Crippen LogP contribution in [0, 0.1) is 0 Å². The molecule has 0 amide bonds. The molecule has 0 saturated carbocycles. The van der Waals surface area contributed by atoms with Gasteiger partial charge in [0.2, 0.25) is 0 Å². The van der Waals surface area contributed by atoms with Crippen LogP contribution in [0.3, 0.4) is 0 Å². The minimum absolute atomic E-state index is 0.344. The molecule has 5 aromatic rings. The molecule has 1 atom stereocenters. The molecule has 34 heavy (non-hydrogen) atoms. The predicted octanol–water partition coefficient (Wildman–Crippen LogP) is 7.48. The number of hydrogen-bond donors (Lipinski definition) is 1. The standard InChI is InChI=1S/C29H29NO2P2/c1-3-4-21-30(33-26-17-9-5-13-22(26)23-14-6-10-18-27(23)33)34(28-19-11-7-15-24(28)31)29-20-12-8-16-25(29)32-2/h5-20,31H,3-4,21H2,1-2H3. The highest BCUT2D eigenvalue weighted by Gasteiger charge is 2.31. The number of benzene rings is 4. The number of rotatable bonds is 8. The summed E-state index contributed by atoms with van der Waals surface area (Å²) >= 11 is 0. The molecule has 0 fully saturated rings. The van der Waals surface area contributed by atoms with E-state index in [1.807, 2.05) is 30.3 Å². The van der Waals surface area contributed by atoms with Gasteiger partial charge in [-0.15, -0.1) is 0 Å². The van der Waals surface area contributed by atoms with Crippen molar-refractivity contribution in [3.63, 3.8) is 0 Å². The highest BCUT2D eigenvalue weighted by molar-refractivity contribution is 7.85. The van der Waals surface area contributed by atoms with E-state index in [9.17, 15) is 5.11 Å². The minimum atomic E-state index is -1.05. The third-order valence-corrected chi connectivity index (χ3v) is 11.9. The predicted molar refractivity (Wildman–Crippen MR) is 149 cm³/mol. The fourth-order valence-electron chi connectivity index (χ4n) is 4.57. The van der Waals surface area contributed by atoms with Crippen LogP contribution in [0.15, 0.2) is 97.1 Å². The van der Waals surface area contributed by atoms with Crippen molar-refractivity contribution in [2.24, 2.45) is 0 Å². The average molecular weight is 486 g/mol. The number of nitrogens with zero attached hydrogens (tertiary/aromatic N) is 1. The van der Waals surface area contributed by atoms with Crippen LogP contribution >= 0.6 is 15.8 Å². The van der Waals surface area contributed by atoms with E-state index in [0.29, 0.717) is 5.75 Å². The van der Waals surface area contributed by atoms with Crippen LogP contribution in [0.25, 0.3) is 21.0 Å². The molecule has 0 spiro atoms. The van der Waals surface area contributed by atoms with E-state index in [4.69, 9.17) is 4.74 Å². The molecule has 0 aliphatic rings. The summed E-state index contributed by atoms with van der Waals surface area (Å²) in [5, 5.41) is 18.6. The summed E-state index contributed by atoms with van der Waals surface area (Å²) in [6.07, 6.45) is 2.20. The summed E-state index contributed by atoms with van der Waals surface area (Å²) in [5.74, 6) is 1.21. The zero-order chi connectivity index (χ0) is 23.5. The molecule has 0 bridgehead atoms. The van der Waals surface area contributed by atoms with Gasteiger partial charge in [0, 0.05) is 35.5 Å². The fourth-order valence-corrected chi connectivity index (χ4v) is 11.1. The summed E-state index contributed by atoms with van der Waals surface area (Å²) in [6, 6.07) is 33.8. The molecule has 1 N–H and O–H groups in total. The van der Waals surface area contributed by atoms with Gasteiger partial charge in [0.15, 0.2) is 0 Å². The minimum Gasteiger partial charge on any atom is -0.507 e. The van der Waals surface area contributed by atoms with E-state index < -0.39 is 15.8 Å². The lowest BCUT2D eigenvalue weighted by molar-refractivity contribution is 0.418. The Morgan fingerprint density at radius 2 is 1.32 bits per heavy atom. The highest BCUT2D eigenvalue weighted by atomic mass is 31.2. The third kappa shape index (κ3) is 4.10. The molecule has 4 aromatic carbocycles. The number of ether oxygens (including phenoxy) is 1. The van der Waals surface area contributed by atoms with E-state index in [-0.39, 0.29) is 0 Å². The van der Waals surface area contributed by atoms with Crippen molar-refractivity contribution in [1.29, 1.82) is 0 Å². The second-order valence-corrected chi connectivity index (χ2v) is 12.7. The van der Waals surface area contributed by atoms with Gasteiger partial charge in [-0.1, -0.05) is 74.0 Å². The lowest BCUT2D eigenvalue weighted by Gasteiger charge is -2.34. The van der Waals surface area contributed by atoms with Crippen LogP contribution in [0.2, 0.25) is 0 Å². The first-order chi connectivity index (χ1) is 16.7. The van der Waals surface area contributed by atoms with E-state index in [0.717, 1.165) is 35.7 Å². The molecule has 5 rings (SSSR count). The maximum Gasteiger partial charge on any atom is 0.128 e. The molecule has 172 valence electrons. The number of phenols is 1. The van der Waals surface area contributed by atoms with Crippen LogP contribution in [0.5, 0.6) is 11.5 Å². The normalized spacial score (nSPS) is 12.4. The Hall–Kier alpha value is -2.83. The zero-order valence-electron chi connectivity index (χ0n) is 19.6. The van der Waals surface area contributed by atoms with Crippen molar-refractivity contribution < 1.29 is 9.84 Å². The van der Waals surface area contributed by atoms with Gasteiger partial charge in [0.05, 0.1) is 7.11 Å². The van der Waals surface area contributed by atoms with Gasteiger partial charge in [-0.3, -0.25) is 0 Å². The first-order valence-electron chi connectivity index (χ1n) is 11.7. The number of fused-ring (bicyclic) bond motifs is 3. The monoisotopic (exact) mass is 485 g/mol. The number of hydrogen-bond acceptors (Lipinski definition) is 3. The Bertz CT molecular complexity index is 1380. The summed E-state index contributed by atoms with van der Waals surface area (Å²) in [5.41, 5.74) is 0. The second-order valence-electron chi connectivity index (χ2n) is 8.27. The maximum absolute atomic E-state index is 11.1. The van der Waals surface area contributed by atoms with Gasteiger partial charge in [-0.05, 0) is 61.3 Å². The van der Waals surface area contributed by atoms with Crippen LogP contribution in [0.1, 0.15) is 19.8 Å². The molecule has 0 aliphatic heterocycles. The van der Waals surface area contributed by atoms with Gasteiger partial charge < -0.3 is 9.84 Å². The van der Waals surface area contributed by atoms with E-state index in [1.165, 1.54) is 21.0 Å². The highest BCUT2D eigenvalue weighted by Crippen LogP contribution is 2.59. The van der Waals surface area contributed by atoms with Crippen LogP contribution < -0.4 is 19.8 Å². The van der Waals surface area contributed by atoms with Crippen molar-refractivity contribution in [2.45, 2.75) is 19.8 Å². The number of phenolic OH excluding ortho intramolecular Hbond substituents is 1. The number of unbranched alkanes of at least 4 members (excludes halogenated alkanes) is 1. The van der Waals surface area contributed by atoms with Crippen LogP contribution in [-0.2, 0) is 0 Å². The maximum atomic E-state index is 11.1. The van der Waals surface area contributed by atoms with E-state index in [2.05, 4.69) is 78.1 Å². The molecule has 0 radical (unpaired) electrons. The molecule has 1 heterocycles. The van der Waals surface area contributed by atoms with Gasteiger partial charge in [0.1, 0.15) is 11.5 Å². The average Bonchev–Trinajstić information content (AvgIpc) is 3.22.